The largest absolute Gasteiger partial charge is 0.550 e. The molecule has 17 heavy (non-hydrogen) atoms. The van der Waals surface area contributed by atoms with Crippen LogP contribution in [-0.4, -0.2) is 47.7 Å². The van der Waals surface area contributed by atoms with E-state index in [9.17, 15) is 14.7 Å². The molecule has 1 rings (SSSR count). The number of carboxylic acid groups (broad SMARTS) is 1. The first-order valence-corrected chi connectivity index (χ1v) is 5.61. The Kier molecular flexibility index (Phi) is 6.75. The summed E-state index contributed by atoms with van der Waals surface area (Å²) in [7, 11) is 1.96. The van der Waals surface area contributed by atoms with Gasteiger partial charge in [0.25, 0.3) is 0 Å². The Bertz CT molecular complexity index is 266. The number of aliphatic hydroxyl groups is 1. The molecule has 0 aromatic rings. The van der Waals surface area contributed by atoms with Crippen molar-refractivity contribution in [2.75, 3.05) is 13.6 Å². The van der Waals surface area contributed by atoms with Gasteiger partial charge in [-0.3, -0.25) is 9.69 Å². The number of nitrogens with one attached hydrogen (secondary N) is 1. The van der Waals surface area contributed by atoms with Gasteiger partial charge in [-0.15, -0.1) is 0 Å². The Morgan fingerprint density at radius 2 is 2.12 bits per heavy atom. The predicted octanol–water partition coefficient (Wildman–Crippen LogP) is -1.46. The molecular weight excluding hydrogens is 224 g/mol. The summed E-state index contributed by atoms with van der Waals surface area (Å²) in [5.41, 5.74) is 0. The Balaban J connectivity index is 0.000000325. The minimum absolute atomic E-state index is 0.140. The zero-order valence-electron chi connectivity index (χ0n) is 10.8. The second-order valence-electron chi connectivity index (χ2n) is 4.60. The number of amides is 1. The summed E-state index contributed by atoms with van der Waals surface area (Å²) in [6.45, 7) is 6.15. The molecule has 1 saturated heterocycles. The fraction of sp³-hybridized carbons (Fsp3) is 0.818. The molecule has 1 aliphatic heterocycles. The van der Waals surface area contributed by atoms with Crippen LogP contribution in [0.3, 0.4) is 0 Å². The molecule has 0 saturated carbocycles. The predicted molar refractivity (Wildman–Crippen MR) is 60.7 cm³/mol. The highest BCUT2D eigenvalue weighted by Crippen LogP contribution is 2.09. The number of likely N-dealkylation sites (N-methyl/N-ethyl adjacent to an activating group) is 1. The second kappa shape index (κ2) is 7.24. The quantitative estimate of drug-likeness (QED) is 0.634. The van der Waals surface area contributed by atoms with E-state index in [1.165, 1.54) is 6.92 Å². The summed E-state index contributed by atoms with van der Waals surface area (Å²) in [6.07, 6.45) is -0.822. The minimum atomic E-state index is -1.21. The molecule has 2 unspecified atom stereocenters. The lowest BCUT2D eigenvalue weighted by atomic mass is 10.1. The Morgan fingerprint density at radius 1 is 1.59 bits per heavy atom. The number of carboxylic acids is 1. The van der Waals surface area contributed by atoms with Gasteiger partial charge >= 0.3 is 0 Å². The maximum absolute atomic E-state index is 10.8. The van der Waals surface area contributed by atoms with E-state index < -0.39 is 12.1 Å². The number of carbonyl (C=O) groups excluding carboxylic acids is 2. The van der Waals surface area contributed by atoms with E-state index in [2.05, 4.69) is 19.2 Å². The van der Waals surface area contributed by atoms with E-state index in [4.69, 9.17) is 5.11 Å². The molecule has 0 spiro atoms. The highest BCUT2D eigenvalue weighted by atomic mass is 16.4. The van der Waals surface area contributed by atoms with Crippen LogP contribution in [0.25, 0.3) is 0 Å². The van der Waals surface area contributed by atoms with Crippen molar-refractivity contribution in [1.29, 1.82) is 0 Å². The maximum atomic E-state index is 10.8. The van der Waals surface area contributed by atoms with E-state index in [-0.39, 0.29) is 18.5 Å². The van der Waals surface area contributed by atoms with Gasteiger partial charge in [-0.1, -0.05) is 13.8 Å². The van der Waals surface area contributed by atoms with E-state index in [0.29, 0.717) is 12.5 Å². The van der Waals surface area contributed by atoms with Gasteiger partial charge < -0.3 is 20.3 Å². The molecular formula is C11H21N2O4-. The van der Waals surface area contributed by atoms with Crippen LogP contribution in [0.15, 0.2) is 0 Å². The lowest BCUT2D eigenvalue weighted by Crippen LogP contribution is -2.38. The van der Waals surface area contributed by atoms with Crippen molar-refractivity contribution in [2.45, 2.75) is 39.5 Å². The van der Waals surface area contributed by atoms with Gasteiger partial charge in [0.1, 0.15) is 0 Å². The normalized spacial score (nSPS) is 21.8. The van der Waals surface area contributed by atoms with Crippen molar-refractivity contribution in [3.8, 4) is 0 Å². The van der Waals surface area contributed by atoms with Crippen LogP contribution in [0.5, 0.6) is 0 Å². The molecule has 0 aliphatic carbocycles. The van der Waals surface area contributed by atoms with Gasteiger partial charge in [0.2, 0.25) is 5.91 Å². The van der Waals surface area contributed by atoms with Gasteiger partial charge in [0.15, 0.2) is 0 Å². The summed E-state index contributed by atoms with van der Waals surface area (Å²) in [5, 5.41) is 20.7. The van der Waals surface area contributed by atoms with Crippen LogP contribution in [0.1, 0.15) is 27.2 Å². The summed E-state index contributed by atoms with van der Waals surface area (Å²) >= 11 is 0. The summed E-state index contributed by atoms with van der Waals surface area (Å²) in [5.74, 6) is -0.576. The number of carbonyl (C=O) groups is 2. The maximum Gasteiger partial charge on any atom is 0.235 e. The molecule has 0 aromatic carbocycles. The van der Waals surface area contributed by atoms with Crippen LogP contribution in [0.4, 0.5) is 0 Å². The third kappa shape index (κ3) is 6.91. The highest BCUT2D eigenvalue weighted by Gasteiger charge is 2.28. The molecule has 0 aromatic heterocycles. The van der Waals surface area contributed by atoms with Crippen LogP contribution in [0, 0.1) is 5.92 Å². The van der Waals surface area contributed by atoms with Crippen molar-refractivity contribution in [2.24, 2.45) is 5.92 Å². The van der Waals surface area contributed by atoms with Crippen LogP contribution >= 0.6 is 0 Å². The smallest absolute Gasteiger partial charge is 0.235 e. The lowest BCUT2D eigenvalue weighted by Gasteiger charge is -2.21. The molecule has 100 valence electrons. The standard InChI is InChI=1S/C7H14N2O.C4H8O3/c1-5(2)7-8-6(10)4-9(7)3;1-3(5)2-4(6)7/h5,7H,4H2,1-3H3,(H,8,10);3,5H,2H2,1H3,(H,6,7)/p-1. The van der Waals surface area contributed by atoms with Crippen molar-refractivity contribution >= 4 is 11.9 Å². The number of nitrogens with zero attached hydrogens (tertiary/aromatic N) is 1. The third-order valence-corrected chi connectivity index (χ3v) is 2.27. The minimum Gasteiger partial charge on any atom is -0.550 e. The molecule has 1 aliphatic rings. The van der Waals surface area contributed by atoms with Crippen molar-refractivity contribution in [1.82, 2.24) is 10.2 Å². The summed E-state index contributed by atoms with van der Waals surface area (Å²) in [6, 6.07) is 0. The van der Waals surface area contributed by atoms with Gasteiger partial charge in [-0.25, -0.2) is 0 Å². The topological polar surface area (TPSA) is 92.7 Å². The lowest BCUT2D eigenvalue weighted by molar-refractivity contribution is -0.307. The second-order valence-corrected chi connectivity index (χ2v) is 4.60. The number of rotatable bonds is 3. The first kappa shape index (κ1) is 15.9. The number of hydrogen-bond donors (Lipinski definition) is 2. The molecule has 1 amide bonds. The molecule has 6 heteroatoms. The van der Waals surface area contributed by atoms with E-state index in [1.54, 1.807) is 0 Å². The zero-order valence-corrected chi connectivity index (χ0v) is 10.8. The zero-order chi connectivity index (χ0) is 13.6. The van der Waals surface area contributed by atoms with E-state index in [0.717, 1.165) is 0 Å². The van der Waals surface area contributed by atoms with Gasteiger partial charge in [-0.05, 0) is 19.9 Å². The summed E-state index contributed by atoms with van der Waals surface area (Å²) < 4.78 is 0. The molecule has 2 atom stereocenters. The molecule has 0 bridgehead atoms. The van der Waals surface area contributed by atoms with Gasteiger partial charge in [0.05, 0.1) is 18.8 Å². The third-order valence-electron chi connectivity index (χ3n) is 2.27. The van der Waals surface area contributed by atoms with E-state index >= 15 is 0 Å². The number of aliphatic hydroxyl groups excluding tert-OH is 1. The molecule has 6 nitrogen and oxygen atoms in total. The van der Waals surface area contributed by atoms with Gasteiger partial charge in [0, 0.05) is 12.4 Å². The van der Waals surface area contributed by atoms with Crippen molar-refractivity contribution < 1.29 is 19.8 Å². The van der Waals surface area contributed by atoms with Gasteiger partial charge in [-0.2, -0.15) is 0 Å². The monoisotopic (exact) mass is 245 g/mol. The fourth-order valence-corrected chi connectivity index (χ4v) is 1.56. The first-order chi connectivity index (χ1) is 7.73. The summed E-state index contributed by atoms with van der Waals surface area (Å²) in [4.78, 5) is 22.4. The molecule has 1 fully saturated rings. The van der Waals surface area contributed by atoms with Crippen LogP contribution < -0.4 is 10.4 Å². The Hall–Kier alpha value is -1.14. The van der Waals surface area contributed by atoms with E-state index in [1.807, 2.05) is 11.9 Å². The van der Waals surface area contributed by atoms with Crippen LogP contribution in [0.2, 0.25) is 0 Å². The Labute approximate surface area is 102 Å². The molecule has 0 radical (unpaired) electrons. The number of aliphatic carboxylic acids is 1. The average Bonchev–Trinajstić information content (AvgIpc) is 2.43. The average molecular weight is 245 g/mol. The Morgan fingerprint density at radius 3 is 2.24 bits per heavy atom. The van der Waals surface area contributed by atoms with Crippen molar-refractivity contribution in [3.05, 3.63) is 0 Å². The first-order valence-electron chi connectivity index (χ1n) is 5.61. The van der Waals surface area contributed by atoms with Crippen molar-refractivity contribution in [3.63, 3.8) is 0 Å². The molecule has 2 N–H and O–H groups in total. The molecule has 1 heterocycles. The fourth-order valence-electron chi connectivity index (χ4n) is 1.56. The SMILES string of the molecule is CC(C)C1NC(=O)CN1C.CC(O)CC(=O)[O-]. The highest BCUT2D eigenvalue weighted by molar-refractivity contribution is 5.80. The number of hydrogen-bond acceptors (Lipinski definition) is 5. The van der Waals surface area contributed by atoms with Crippen LogP contribution in [-0.2, 0) is 9.59 Å².